The molecule has 0 N–H and O–H groups in total. The highest BCUT2D eigenvalue weighted by molar-refractivity contribution is 8.25. The Morgan fingerprint density at radius 2 is 0.886 bits per heavy atom. The molecule has 0 atom stereocenters. The van der Waals surface area contributed by atoms with E-state index in [9.17, 15) is 24.9 Å². The van der Waals surface area contributed by atoms with Crippen LogP contribution in [-0.2, 0) is 28.6 Å². The van der Waals surface area contributed by atoms with E-state index in [1.807, 2.05) is 35.8 Å². The van der Waals surface area contributed by atoms with Gasteiger partial charge in [-0.1, -0.05) is 41.5 Å². The molecule has 12 nitrogen and oxygen atoms in total. The highest BCUT2D eigenvalue weighted by Crippen LogP contribution is 2.65. The quantitative estimate of drug-likeness (QED) is 0.0540. The minimum atomic E-state index is -6.39. The van der Waals surface area contributed by atoms with Crippen molar-refractivity contribution in [2.45, 2.75) is 126 Å². The van der Waals surface area contributed by atoms with E-state index in [0.29, 0.717) is 74.5 Å². The maximum absolute atomic E-state index is 15.2. The van der Waals surface area contributed by atoms with Gasteiger partial charge in [0, 0.05) is 61.9 Å². The molecule has 3 aliphatic carbocycles. The molecule has 0 saturated carbocycles. The molecule has 0 radical (unpaired) electrons. The zero-order valence-corrected chi connectivity index (χ0v) is 42.8. The molecule has 0 unspecified atom stereocenters. The summed E-state index contributed by atoms with van der Waals surface area (Å²) in [6.07, 6.45) is 5.97. The van der Waals surface area contributed by atoms with Crippen LogP contribution in [0.3, 0.4) is 0 Å². The van der Waals surface area contributed by atoms with E-state index in [1.165, 1.54) is 6.92 Å². The molecule has 3 heterocycles. The number of carbonyl (C=O) groups is 3. The number of carbonyl (C=O) groups excluding carboxylic acids is 3. The number of rotatable bonds is 14. The second-order valence-electron chi connectivity index (χ2n) is 21.6. The number of hydrogen-bond donors (Lipinski definition) is 0. The lowest BCUT2D eigenvalue weighted by atomic mass is 9.73. The average molecular weight is 1020 g/mol. The SMILES string of the molecule is [C-]#[N+]C1=C(N2CCCC2)CC(C)(C)C/C1=C(/C)C(=O)OCC(COC(=O)/C(=C1\CC(C)(C)CC(N2CCCC2)=C1C#N)S(F)(F)F)COC(=O)/C(=C1\CC(C)(C)CC(N2CCCC2)=C1C#N)S(F)(F)F. The lowest BCUT2D eigenvalue weighted by molar-refractivity contribution is -0.148. The molecule has 3 aliphatic heterocycles. The fourth-order valence-electron chi connectivity index (χ4n) is 10.7. The van der Waals surface area contributed by atoms with Gasteiger partial charge in [0.1, 0.15) is 32.0 Å². The van der Waals surface area contributed by atoms with Crippen molar-refractivity contribution >= 4 is 40.3 Å². The van der Waals surface area contributed by atoms with Gasteiger partial charge >= 0.3 is 17.9 Å². The maximum atomic E-state index is 15.2. The first-order valence-corrected chi connectivity index (χ1v) is 26.5. The lowest BCUT2D eigenvalue weighted by Crippen LogP contribution is -2.32. The van der Waals surface area contributed by atoms with E-state index in [2.05, 4.69) is 9.74 Å². The summed E-state index contributed by atoms with van der Waals surface area (Å²) in [5.41, 5.74) is -1.02. The topological polar surface area (TPSA) is 141 Å². The molecule has 0 amide bonds. The normalized spacial score (nSPS) is 24.2. The number of allylic oxidation sites excluding steroid dienone is 8. The largest absolute Gasteiger partial charge is 0.462 e. The van der Waals surface area contributed by atoms with Crippen LogP contribution in [0.25, 0.3) is 4.85 Å². The fraction of sp³-hybridized carbons (Fsp3) is 0.640. The van der Waals surface area contributed by atoms with Gasteiger partial charge in [-0.2, -0.15) is 10.5 Å². The van der Waals surface area contributed by atoms with Gasteiger partial charge in [-0.05, 0) is 117 Å². The molecule has 6 rings (SSSR count). The van der Waals surface area contributed by atoms with E-state index in [-0.39, 0.29) is 35.0 Å². The standard InChI is InChI=1S/C50H64F6N6O6S2/c1-32(34-21-48(2,3)26-41(42(34)59-8)62-19-13-14-20-62)45(63)66-29-33(30-67-46(64)43(69(51,52)53)35-22-49(4,5)24-39(37(35)27-57)60-15-9-10-16-60)31-68-47(65)44(70(54,55)56)36-23-50(6,7)25-40(38(36)28-58)61-17-11-12-18-61/h33H,9-26,29-31H2,1-7H3/b34-32+,43-35-,44-36-. The Balaban J connectivity index is 1.36. The molecule has 0 bridgehead atoms. The number of hydrogen-bond acceptors (Lipinski definition) is 11. The summed E-state index contributed by atoms with van der Waals surface area (Å²) in [6, 6.07) is 3.85. The molecular weight excluding hydrogens is 959 g/mol. The molecular formula is C50H64F6N6O6S2. The first-order valence-electron chi connectivity index (χ1n) is 23.9. The molecule has 0 spiro atoms. The van der Waals surface area contributed by atoms with Crippen molar-refractivity contribution in [3.63, 3.8) is 0 Å². The third-order valence-electron chi connectivity index (χ3n) is 13.9. The molecule has 3 saturated heterocycles. The molecule has 6 aliphatic rings. The van der Waals surface area contributed by atoms with Crippen LogP contribution in [-0.4, -0.2) is 91.7 Å². The van der Waals surface area contributed by atoms with Crippen molar-refractivity contribution < 1.29 is 51.9 Å². The minimum Gasteiger partial charge on any atom is -0.462 e. The van der Waals surface area contributed by atoms with Crippen molar-refractivity contribution in [1.82, 2.24) is 14.7 Å². The zero-order chi connectivity index (χ0) is 51.6. The lowest BCUT2D eigenvalue weighted by Gasteiger charge is -2.38. The Kier molecular flexibility index (Phi) is 16.6. The van der Waals surface area contributed by atoms with Crippen molar-refractivity contribution in [2.75, 3.05) is 59.1 Å². The van der Waals surface area contributed by atoms with Crippen LogP contribution in [0, 0.1) is 51.4 Å². The first-order chi connectivity index (χ1) is 32.7. The summed E-state index contributed by atoms with van der Waals surface area (Å²) in [5, 5.41) is 20.6. The van der Waals surface area contributed by atoms with Gasteiger partial charge in [-0.15, -0.1) is 23.3 Å². The van der Waals surface area contributed by atoms with Crippen LogP contribution in [0.1, 0.15) is 126 Å². The predicted molar refractivity (Wildman–Crippen MR) is 255 cm³/mol. The number of likely N-dealkylation sites (tertiary alicyclic amines) is 3. The molecule has 0 aromatic rings. The Morgan fingerprint density at radius 1 is 0.571 bits per heavy atom. The summed E-state index contributed by atoms with van der Waals surface area (Å²) >= 11 is -12.8. The van der Waals surface area contributed by atoms with Crippen LogP contribution in [0.4, 0.5) is 23.3 Å². The number of halogens is 6. The first kappa shape index (κ1) is 54.3. The minimum absolute atomic E-state index is 0.0673. The Labute approximate surface area is 412 Å². The smallest absolute Gasteiger partial charge is 0.350 e. The molecule has 20 heteroatoms. The van der Waals surface area contributed by atoms with Crippen molar-refractivity contribution in [3.05, 3.63) is 77.5 Å². The third-order valence-corrected chi connectivity index (χ3v) is 15.7. The summed E-state index contributed by atoms with van der Waals surface area (Å²) in [5.74, 6) is -6.10. The van der Waals surface area contributed by atoms with E-state index in [0.717, 1.165) is 57.3 Å². The van der Waals surface area contributed by atoms with Gasteiger partial charge < -0.3 is 28.9 Å². The highest BCUT2D eigenvalue weighted by atomic mass is 32.3. The van der Waals surface area contributed by atoms with Crippen LogP contribution >= 0.6 is 22.4 Å². The second-order valence-corrected chi connectivity index (χ2v) is 24.0. The predicted octanol–water partition coefficient (Wildman–Crippen LogP) is 12.4. The summed E-state index contributed by atoms with van der Waals surface area (Å²) in [6.45, 7) is 21.4. The molecule has 384 valence electrons. The van der Waals surface area contributed by atoms with Crippen LogP contribution in [0.2, 0.25) is 0 Å². The highest BCUT2D eigenvalue weighted by Gasteiger charge is 2.46. The Morgan fingerprint density at radius 3 is 1.21 bits per heavy atom. The van der Waals surface area contributed by atoms with Crippen molar-refractivity contribution in [2.24, 2.45) is 22.2 Å². The number of nitriles is 2. The van der Waals surface area contributed by atoms with Gasteiger partial charge in [0.25, 0.3) is 0 Å². The fourth-order valence-corrected chi connectivity index (χ4v) is 12.1. The van der Waals surface area contributed by atoms with Gasteiger partial charge in [-0.25, -0.2) is 19.2 Å². The number of esters is 3. The Bertz CT molecular complexity index is 2330. The third kappa shape index (κ3) is 12.5. The summed E-state index contributed by atoms with van der Waals surface area (Å²) in [7, 11) is 0. The second kappa shape index (κ2) is 21.4. The monoisotopic (exact) mass is 1020 g/mol. The summed E-state index contributed by atoms with van der Waals surface area (Å²) < 4.78 is 108. The van der Waals surface area contributed by atoms with Gasteiger partial charge in [0.2, 0.25) is 28.1 Å². The zero-order valence-electron chi connectivity index (χ0n) is 41.1. The molecule has 70 heavy (non-hydrogen) atoms. The Hall–Kier alpha value is -5.00. The van der Waals surface area contributed by atoms with E-state index in [4.69, 9.17) is 20.8 Å². The van der Waals surface area contributed by atoms with Crippen molar-refractivity contribution in [3.8, 4) is 12.1 Å². The van der Waals surface area contributed by atoms with Gasteiger partial charge in [-0.3, -0.25) is 0 Å². The van der Waals surface area contributed by atoms with E-state index < -0.39 is 97.8 Å². The average Bonchev–Trinajstić information content (AvgIpc) is 4.09. The number of ether oxygens (including phenoxy) is 3. The molecule has 0 aromatic carbocycles. The van der Waals surface area contributed by atoms with Crippen molar-refractivity contribution in [1.29, 1.82) is 10.5 Å². The summed E-state index contributed by atoms with van der Waals surface area (Å²) in [4.78, 5) is 48.2. The van der Waals surface area contributed by atoms with E-state index >= 15 is 23.3 Å². The van der Waals surface area contributed by atoms with Gasteiger partial charge in [0.15, 0.2) is 9.81 Å². The molecule has 3 fully saturated rings. The maximum Gasteiger partial charge on any atom is 0.350 e. The molecule has 0 aromatic heterocycles. The van der Waals surface area contributed by atoms with Crippen LogP contribution < -0.4 is 0 Å². The van der Waals surface area contributed by atoms with Gasteiger partial charge in [0.05, 0.1) is 23.6 Å². The number of nitrogens with zero attached hydrogens (tertiary/aromatic N) is 6. The van der Waals surface area contributed by atoms with Crippen LogP contribution in [0.15, 0.2) is 66.0 Å². The van der Waals surface area contributed by atoms with E-state index in [1.54, 1.807) is 27.7 Å². The van der Waals surface area contributed by atoms with Crippen LogP contribution in [0.5, 0.6) is 0 Å².